The van der Waals surface area contributed by atoms with Gasteiger partial charge in [-0.25, -0.2) is 15.0 Å². The van der Waals surface area contributed by atoms with Crippen molar-refractivity contribution in [3.05, 3.63) is 169 Å². The van der Waals surface area contributed by atoms with Crippen LogP contribution < -0.4 is 4.90 Å². The number of para-hydroxylation sites is 3. The van der Waals surface area contributed by atoms with E-state index in [0.29, 0.717) is 29.3 Å². The summed E-state index contributed by atoms with van der Waals surface area (Å²) in [4.78, 5) is 17.8. The van der Waals surface area contributed by atoms with E-state index in [1.807, 2.05) is 60.7 Å². The zero-order valence-corrected chi connectivity index (χ0v) is 36.5. The molecule has 1 spiro atoms. The Morgan fingerprint density at radius 1 is 0.455 bits per heavy atom. The fourth-order valence-electron chi connectivity index (χ4n) is 15.8. The highest BCUT2D eigenvalue weighted by molar-refractivity contribution is 6.11. The molecule has 8 aliphatic rings. The molecule has 6 heteroatoms. The number of anilines is 3. The van der Waals surface area contributed by atoms with E-state index in [9.17, 15) is 0 Å². The second-order valence-corrected chi connectivity index (χ2v) is 20.7. The molecule has 10 aromatic rings. The van der Waals surface area contributed by atoms with Crippen LogP contribution in [-0.4, -0.2) is 15.0 Å². The lowest BCUT2D eigenvalue weighted by Crippen LogP contribution is -2.63. The first-order chi connectivity index (χ1) is 32.7. The first-order valence-electron chi connectivity index (χ1n) is 24.3. The quantitative estimate of drug-likeness (QED) is 0.176. The minimum Gasteiger partial charge on any atom is -0.456 e. The summed E-state index contributed by atoms with van der Waals surface area (Å²) < 4.78 is 13.7. The third kappa shape index (κ3) is 4.74. The second-order valence-electron chi connectivity index (χ2n) is 20.7. The molecule has 318 valence electrons. The van der Waals surface area contributed by atoms with Crippen molar-refractivity contribution in [3.8, 4) is 34.2 Å². The molecule has 7 aromatic carbocycles. The lowest BCUT2D eigenvalue weighted by molar-refractivity contribution is -0.116. The third-order valence-electron chi connectivity index (χ3n) is 17.9. The van der Waals surface area contributed by atoms with Crippen LogP contribution in [0.15, 0.2) is 167 Å². The molecule has 0 N–H and O–H groups in total. The fourth-order valence-corrected chi connectivity index (χ4v) is 15.8. The van der Waals surface area contributed by atoms with Gasteiger partial charge < -0.3 is 13.7 Å². The number of fused-ring (bicyclic) bond motifs is 8. The molecule has 0 amide bonds. The van der Waals surface area contributed by atoms with Gasteiger partial charge in [0.15, 0.2) is 17.5 Å². The Kier molecular flexibility index (Phi) is 7.16. The number of furan rings is 2. The van der Waals surface area contributed by atoms with Crippen molar-refractivity contribution in [2.45, 2.75) is 43.9 Å². The second kappa shape index (κ2) is 13.1. The standard InChI is InChI=1S/C60H46N4O2/c1-3-12-34(13-4-1)57-61-58(35-14-5-2-6-15-35)63-59(62-57)42-18-11-17-41-45-30-39(22-23-53(45)66-56(41)42)64-50-20-9-8-19-48(50)60(49-32-54-46(31-51(49)64)40-16-7-10-21-52(40)65-54)38-28-37-27-36-24-33-25-44(37)55(60)47(26-33)43(36)29-38/h1-23,30-33,36-38,43-44,47,55H,24-29H2. The summed E-state index contributed by atoms with van der Waals surface area (Å²) in [7, 11) is 0. The summed E-state index contributed by atoms with van der Waals surface area (Å²) in [5.74, 6) is 8.31. The fraction of sp³-hybridized carbons (Fsp3) is 0.250. The van der Waals surface area contributed by atoms with Gasteiger partial charge in [0.05, 0.1) is 16.9 Å². The molecule has 7 aliphatic carbocycles. The monoisotopic (exact) mass is 854 g/mol. The molecule has 0 saturated heterocycles. The SMILES string of the molecule is c1ccc(-c2nc(-c3ccccc3)nc(-c3cccc4c3oc3ccc(N5c6ccccc6C6(c7cc8oc9ccccc9c8cc75)C5CC7CC8CC9CC7C6C(C9)C8C5)cc34)n2)cc1. The zero-order valence-electron chi connectivity index (χ0n) is 36.5. The first-order valence-corrected chi connectivity index (χ1v) is 24.3. The maximum absolute atomic E-state index is 6.90. The maximum atomic E-state index is 6.90. The van der Waals surface area contributed by atoms with Crippen molar-refractivity contribution in [3.63, 3.8) is 0 Å². The Balaban J connectivity index is 0.912. The molecule has 0 radical (unpaired) electrons. The molecule has 18 rings (SSSR count). The van der Waals surface area contributed by atoms with E-state index in [1.54, 1.807) is 0 Å². The molecule has 66 heavy (non-hydrogen) atoms. The van der Waals surface area contributed by atoms with Crippen molar-refractivity contribution >= 4 is 60.9 Å². The lowest BCUT2D eigenvalue weighted by atomic mass is 9.37. The van der Waals surface area contributed by atoms with E-state index in [1.165, 1.54) is 71.8 Å². The van der Waals surface area contributed by atoms with Crippen molar-refractivity contribution in [2.24, 2.45) is 47.3 Å². The van der Waals surface area contributed by atoms with Gasteiger partial charge in [0, 0.05) is 43.8 Å². The Morgan fingerprint density at radius 2 is 1.15 bits per heavy atom. The van der Waals surface area contributed by atoms with E-state index in [0.717, 1.165) is 91.0 Å². The van der Waals surface area contributed by atoms with E-state index >= 15 is 0 Å². The van der Waals surface area contributed by atoms with Gasteiger partial charge in [-0.1, -0.05) is 109 Å². The van der Waals surface area contributed by atoms with Gasteiger partial charge in [-0.05, 0) is 146 Å². The number of rotatable bonds is 4. The molecule has 6 nitrogen and oxygen atoms in total. The van der Waals surface area contributed by atoms with Gasteiger partial charge in [0.2, 0.25) is 0 Å². The van der Waals surface area contributed by atoms with E-state index in [4.69, 9.17) is 23.8 Å². The Bertz CT molecular complexity index is 3590. The number of hydrogen-bond donors (Lipinski definition) is 0. The van der Waals surface area contributed by atoms with Gasteiger partial charge in [0.1, 0.15) is 22.3 Å². The van der Waals surface area contributed by atoms with Crippen molar-refractivity contribution in [1.82, 2.24) is 15.0 Å². The van der Waals surface area contributed by atoms with Crippen LogP contribution >= 0.6 is 0 Å². The predicted molar refractivity (Wildman–Crippen MR) is 262 cm³/mol. The topological polar surface area (TPSA) is 68.2 Å². The Morgan fingerprint density at radius 3 is 2.00 bits per heavy atom. The van der Waals surface area contributed by atoms with Gasteiger partial charge in [-0.15, -0.1) is 0 Å². The van der Waals surface area contributed by atoms with Crippen LogP contribution in [0.3, 0.4) is 0 Å². The van der Waals surface area contributed by atoms with Gasteiger partial charge in [0.25, 0.3) is 0 Å². The summed E-state index contributed by atoms with van der Waals surface area (Å²) in [6.07, 6.45) is 8.54. The first kappa shape index (κ1) is 36.2. The lowest BCUT2D eigenvalue weighted by Gasteiger charge is -2.67. The average molecular weight is 855 g/mol. The smallest absolute Gasteiger partial charge is 0.167 e. The van der Waals surface area contributed by atoms with Gasteiger partial charge >= 0.3 is 0 Å². The van der Waals surface area contributed by atoms with E-state index < -0.39 is 0 Å². The van der Waals surface area contributed by atoms with Crippen LogP contribution in [0.4, 0.5) is 17.1 Å². The van der Waals surface area contributed by atoms with Crippen LogP contribution in [0.5, 0.6) is 0 Å². The van der Waals surface area contributed by atoms with Crippen LogP contribution in [0.1, 0.15) is 49.7 Å². The molecule has 1 aliphatic heterocycles. The molecular formula is C60H46N4O2. The number of benzene rings is 7. The number of nitrogens with zero attached hydrogens (tertiary/aromatic N) is 4. The molecule has 7 saturated carbocycles. The van der Waals surface area contributed by atoms with Crippen molar-refractivity contribution in [2.75, 3.05) is 4.90 Å². The number of hydrogen-bond acceptors (Lipinski definition) is 6. The Labute approximate surface area is 382 Å². The molecule has 9 unspecified atom stereocenters. The predicted octanol–water partition coefficient (Wildman–Crippen LogP) is 15.1. The molecule has 4 heterocycles. The van der Waals surface area contributed by atoms with Crippen LogP contribution in [0.25, 0.3) is 78.0 Å². The average Bonchev–Trinajstić information content (AvgIpc) is 3.81. The summed E-state index contributed by atoms with van der Waals surface area (Å²) in [6, 6.07) is 56.7. The highest BCUT2D eigenvalue weighted by Gasteiger charge is 2.70. The van der Waals surface area contributed by atoms with Crippen LogP contribution in [0, 0.1) is 47.3 Å². The van der Waals surface area contributed by atoms with Crippen molar-refractivity contribution < 1.29 is 8.83 Å². The van der Waals surface area contributed by atoms with Crippen LogP contribution in [-0.2, 0) is 5.41 Å². The molecular weight excluding hydrogens is 809 g/mol. The summed E-state index contributed by atoms with van der Waals surface area (Å²) in [6.45, 7) is 0. The Hall–Kier alpha value is -7.05. The molecule has 8 bridgehead atoms. The van der Waals surface area contributed by atoms with E-state index in [-0.39, 0.29) is 5.41 Å². The zero-order chi connectivity index (χ0) is 42.8. The third-order valence-corrected chi connectivity index (χ3v) is 17.9. The minimum atomic E-state index is -0.0573. The normalized spacial score (nSPS) is 27.7. The van der Waals surface area contributed by atoms with E-state index in [2.05, 4.69) is 102 Å². The minimum absolute atomic E-state index is 0.0573. The largest absolute Gasteiger partial charge is 0.456 e. The highest BCUT2D eigenvalue weighted by Crippen LogP contribution is 2.76. The summed E-state index contributed by atoms with van der Waals surface area (Å²) in [5, 5.41) is 4.47. The number of aromatic nitrogens is 3. The van der Waals surface area contributed by atoms with Gasteiger partial charge in [-0.2, -0.15) is 0 Å². The highest BCUT2D eigenvalue weighted by atomic mass is 16.3. The van der Waals surface area contributed by atoms with Crippen LogP contribution in [0.2, 0.25) is 0 Å². The molecule has 3 aromatic heterocycles. The van der Waals surface area contributed by atoms with Gasteiger partial charge in [-0.3, -0.25) is 0 Å². The maximum Gasteiger partial charge on any atom is 0.167 e. The molecule has 9 atom stereocenters. The summed E-state index contributed by atoms with van der Waals surface area (Å²) >= 11 is 0. The summed E-state index contributed by atoms with van der Waals surface area (Å²) in [5.41, 5.74) is 13.0. The molecule has 7 fully saturated rings. The van der Waals surface area contributed by atoms with Crippen molar-refractivity contribution in [1.29, 1.82) is 0 Å².